The first-order chi connectivity index (χ1) is 9.13. The van der Waals surface area contributed by atoms with Crippen LogP contribution < -0.4 is 4.74 Å². The second-order valence-electron chi connectivity index (χ2n) is 3.96. The lowest BCUT2D eigenvalue weighted by Gasteiger charge is -2.11. The van der Waals surface area contributed by atoms with Crippen molar-refractivity contribution in [3.05, 3.63) is 29.3 Å². The Hall–Kier alpha value is -1.36. The number of methoxy groups -OCH3 is 1. The number of alkyl halides is 1. The highest BCUT2D eigenvalue weighted by Crippen LogP contribution is 2.22. The summed E-state index contributed by atoms with van der Waals surface area (Å²) in [4.78, 5) is 23.3. The van der Waals surface area contributed by atoms with E-state index in [0.29, 0.717) is 17.9 Å². The standard InChI is InChI=1S/C14H17BrO4/c1-3-4-7-19-13-6-5-10(12(16)9-15)8-11(13)14(17)18-2/h5-6,8H,3-4,7,9H2,1-2H3. The summed E-state index contributed by atoms with van der Waals surface area (Å²) in [6.45, 7) is 2.59. The molecule has 0 atom stereocenters. The quantitative estimate of drug-likeness (QED) is 0.334. The van der Waals surface area contributed by atoms with Crippen molar-refractivity contribution in [1.82, 2.24) is 0 Å². The first-order valence-electron chi connectivity index (χ1n) is 6.08. The zero-order chi connectivity index (χ0) is 14.3. The fourth-order valence-corrected chi connectivity index (χ4v) is 1.83. The van der Waals surface area contributed by atoms with Gasteiger partial charge in [0.05, 0.1) is 19.0 Å². The number of hydrogen-bond acceptors (Lipinski definition) is 4. The fourth-order valence-electron chi connectivity index (χ4n) is 1.50. The predicted molar refractivity (Wildman–Crippen MR) is 76.3 cm³/mol. The van der Waals surface area contributed by atoms with Gasteiger partial charge >= 0.3 is 5.97 Å². The van der Waals surface area contributed by atoms with Gasteiger partial charge in [-0.25, -0.2) is 4.79 Å². The number of rotatable bonds is 7. The molecular formula is C14H17BrO4. The van der Waals surface area contributed by atoms with E-state index in [1.807, 2.05) is 0 Å². The smallest absolute Gasteiger partial charge is 0.341 e. The van der Waals surface area contributed by atoms with E-state index < -0.39 is 5.97 Å². The topological polar surface area (TPSA) is 52.6 Å². The van der Waals surface area contributed by atoms with E-state index >= 15 is 0 Å². The summed E-state index contributed by atoms with van der Waals surface area (Å²) in [5.41, 5.74) is 0.741. The number of hydrogen-bond donors (Lipinski definition) is 0. The van der Waals surface area contributed by atoms with Crippen LogP contribution in [0.3, 0.4) is 0 Å². The third-order valence-electron chi connectivity index (χ3n) is 2.58. The van der Waals surface area contributed by atoms with Crippen molar-refractivity contribution in [2.24, 2.45) is 0 Å². The zero-order valence-electron chi connectivity index (χ0n) is 11.1. The maximum absolute atomic E-state index is 11.7. The van der Waals surface area contributed by atoms with Crippen LogP contribution in [0.15, 0.2) is 18.2 Å². The SMILES string of the molecule is CCCCOc1ccc(C(=O)CBr)cc1C(=O)OC. The van der Waals surface area contributed by atoms with Crippen LogP contribution in [0.4, 0.5) is 0 Å². The molecule has 0 bridgehead atoms. The second-order valence-corrected chi connectivity index (χ2v) is 4.52. The van der Waals surface area contributed by atoms with Gasteiger partial charge in [0.2, 0.25) is 0 Å². The van der Waals surface area contributed by atoms with E-state index in [-0.39, 0.29) is 16.7 Å². The van der Waals surface area contributed by atoms with Crippen LogP contribution in [-0.4, -0.2) is 30.8 Å². The summed E-state index contributed by atoms with van der Waals surface area (Å²) in [5.74, 6) is -0.146. The van der Waals surface area contributed by atoms with E-state index in [1.54, 1.807) is 12.1 Å². The lowest BCUT2D eigenvalue weighted by molar-refractivity contribution is 0.0596. The van der Waals surface area contributed by atoms with E-state index in [9.17, 15) is 9.59 Å². The minimum absolute atomic E-state index is 0.0924. The van der Waals surface area contributed by atoms with Gasteiger partial charge in [-0.05, 0) is 24.6 Å². The van der Waals surface area contributed by atoms with Crippen LogP contribution in [0.5, 0.6) is 5.75 Å². The van der Waals surface area contributed by atoms with Gasteiger partial charge in [-0.2, -0.15) is 0 Å². The zero-order valence-corrected chi connectivity index (χ0v) is 12.7. The molecule has 4 nitrogen and oxygen atoms in total. The molecule has 0 radical (unpaired) electrons. The van der Waals surface area contributed by atoms with Crippen LogP contribution in [-0.2, 0) is 4.74 Å². The third kappa shape index (κ3) is 4.35. The molecule has 0 aliphatic rings. The van der Waals surface area contributed by atoms with Gasteiger partial charge in [0.15, 0.2) is 5.78 Å². The number of unbranched alkanes of at least 4 members (excludes halogenated alkanes) is 1. The predicted octanol–water partition coefficient (Wildman–Crippen LogP) is 3.23. The average Bonchev–Trinajstić information content (AvgIpc) is 2.46. The lowest BCUT2D eigenvalue weighted by Crippen LogP contribution is -2.09. The van der Waals surface area contributed by atoms with E-state index in [1.165, 1.54) is 13.2 Å². The number of esters is 1. The van der Waals surface area contributed by atoms with Crippen LogP contribution in [0.1, 0.15) is 40.5 Å². The molecule has 0 saturated heterocycles. The Bertz CT molecular complexity index is 457. The van der Waals surface area contributed by atoms with Gasteiger partial charge < -0.3 is 9.47 Å². The summed E-state index contributed by atoms with van der Waals surface area (Å²) in [6, 6.07) is 4.80. The molecule has 0 aromatic heterocycles. The van der Waals surface area contributed by atoms with Crippen molar-refractivity contribution in [3.63, 3.8) is 0 Å². The minimum Gasteiger partial charge on any atom is -0.493 e. The minimum atomic E-state index is -0.504. The van der Waals surface area contributed by atoms with Crippen molar-refractivity contribution in [3.8, 4) is 5.75 Å². The van der Waals surface area contributed by atoms with Crippen molar-refractivity contribution >= 4 is 27.7 Å². The molecule has 0 amide bonds. The van der Waals surface area contributed by atoms with Crippen LogP contribution >= 0.6 is 15.9 Å². The van der Waals surface area contributed by atoms with E-state index in [4.69, 9.17) is 9.47 Å². The normalized spacial score (nSPS) is 10.1. The Morgan fingerprint density at radius 1 is 1.32 bits per heavy atom. The van der Waals surface area contributed by atoms with Crippen molar-refractivity contribution in [2.75, 3.05) is 19.0 Å². The molecule has 0 unspecified atom stereocenters. The Morgan fingerprint density at radius 2 is 2.05 bits per heavy atom. The molecule has 0 N–H and O–H groups in total. The molecule has 1 aromatic carbocycles. The van der Waals surface area contributed by atoms with E-state index in [2.05, 4.69) is 22.9 Å². The number of ether oxygens (including phenoxy) is 2. The summed E-state index contributed by atoms with van der Waals surface area (Å²) in [5, 5.41) is 0.212. The molecule has 19 heavy (non-hydrogen) atoms. The highest BCUT2D eigenvalue weighted by Gasteiger charge is 2.16. The number of Topliss-reactive ketones (excluding diaryl/α,β-unsaturated/α-hetero) is 1. The molecule has 1 aromatic rings. The molecule has 0 aliphatic carbocycles. The lowest BCUT2D eigenvalue weighted by atomic mass is 10.1. The first kappa shape index (κ1) is 15.7. The molecule has 0 fully saturated rings. The number of ketones is 1. The molecule has 104 valence electrons. The largest absolute Gasteiger partial charge is 0.493 e. The summed E-state index contributed by atoms with van der Waals surface area (Å²) < 4.78 is 10.3. The molecule has 0 saturated carbocycles. The van der Waals surface area contributed by atoms with Gasteiger partial charge in [-0.3, -0.25) is 4.79 Å². The highest BCUT2D eigenvalue weighted by molar-refractivity contribution is 9.09. The van der Waals surface area contributed by atoms with Gasteiger partial charge in [-0.1, -0.05) is 29.3 Å². The Balaban J connectivity index is 3.02. The first-order valence-corrected chi connectivity index (χ1v) is 7.20. The monoisotopic (exact) mass is 328 g/mol. The van der Waals surface area contributed by atoms with Crippen LogP contribution in [0, 0.1) is 0 Å². The molecule has 1 rings (SSSR count). The Kier molecular flexibility index (Phi) is 6.56. The summed E-state index contributed by atoms with van der Waals surface area (Å²) in [6.07, 6.45) is 1.91. The summed E-state index contributed by atoms with van der Waals surface area (Å²) >= 11 is 3.10. The van der Waals surface area contributed by atoms with E-state index in [0.717, 1.165) is 12.8 Å². The van der Waals surface area contributed by atoms with Crippen molar-refractivity contribution in [1.29, 1.82) is 0 Å². The van der Waals surface area contributed by atoms with Gasteiger partial charge in [0, 0.05) is 5.56 Å². The van der Waals surface area contributed by atoms with Gasteiger partial charge in [0.1, 0.15) is 11.3 Å². The average molecular weight is 329 g/mol. The second kappa shape index (κ2) is 7.94. The molecular weight excluding hydrogens is 312 g/mol. The maximum atomic E-state index is 11.7. The number of benzene rings is 1. The van der Waals surface area contributed by atoms with Gasteiger partial charge in [-0.15, -0.1) is 0 Å². The molecule has 5 heteroatoms. The Morgan fingerprint density at radius 3 is 2.63 bits per heavy atom. The van der Waals surface area contributed by atoms with Gasteiger partial charge in [0.25, 0.3) is 0 Å². The molecule has 0 heterocycles. The Labute approximate surface area is 121 Å². The van der Waals surface area contributed by atoms with Crippen LogP contribution in [0.2, 0.25) is 0 Å². The number of halogens is 1. The van der Waals surface area contributed by atoms with Crippen molar-refractivity contribution < 1.29 is 19.1 Å². The number of carbonyl (C=O) groups excluding carboxylic acids is 2. The molecule has 0 aliphatic heterocycles. The third-order valence-corrected chi connectivity index (χ3v) is 3.09. The molecule has 0 spiro atoms. The maximum Gasteiger partial charge on any atom is 0.341 e. The number of carbonyl (C=O) groups is 2. The van der Waals surface area contributed by atoms with Crippen molar-refractivity contribution in [2.45, 2.75) is 19.8 Å². The van der Waals surface area contributed by atoms with Crippen LogP contribution in [0.25, 0.3) is 0 Å². The highest BCUT2D eigenvalue weighted by atomic mass is 79.9. The fraction of sp³-hybridized carbons (Fsp3) is 0.429. The summed E-state index contributed by atoms with van der Waals surface area (Å²) in [7, 11) is 1.30.